The second-order valence-electron chi connectivity index (χ2n) is 6.60. The van der Waals surface area contributed by atoms with Gasteiger partial charge in [0, 0.05) is 0 Å². The summed E-state index contributed by atoms with van der Waals surface area (Å²) in [6.45, 7) is -3.00. The summed E-state index contributed by atoms with van der Waals surface area (Å²) in [7, 11) is 0. The van der Waals surface area contributed by atoms with Crippen LogP contribution < -0.4 is 4.74 Å². The minimum atomic E-state index is -2.77. The predicted octanol–water partition coefficient (Wildman–Crippen LogP) is 6.33. The van der Waals surface area contributed by atoms with Crippen LogP contribution in [0.25, 0.3) is 0 Å². The number of halogens is 3. The van der Waals surface area contributed by atoms with Gasteiger partial charge in [0.05, 0.1) is 6.67 Å². The SMILES string of the molecule is FCCCC=C[C@H]1CC[C@H](CCc2ccc(OC(F)F)cc2)CC1. The van der Waals surface area contributed by atoms with Crippen LogP contribution in [0.1, 0.15) is 50.5 Å². The van der Waals surface area contributed by atoms with Crippen molar-refractivity contribution in [3.8, 4) is 5.75 Å². The van der Waals surface area contributed by atoms with Gasteiger partial charge in [-0.2, -0.15) is 8.78 Å². The topological polar surface area (TPSA) is 9.23 Å². The Bertz CT molecular complexity index is 476. The quantitative estimate of drug-likeness (QED) is 0.377. The Labute approximate surface area is 142 Å². The smallest absolute Gasteiger partial charge is 0.387 e. The lowest BCUT2D eigenvalue weighted by Crippen LogP contribution is -2.13. The summed E-state index contributed by atoms with van der Waals surface area (Å²) in [6.07, 6.45) is 12.9. The first-order chi connectivity index (χ1) is 11.7. The van der Waals surface area contributed by atoms with Gasteiger partial charge in [0.1, 0.15) is 5.75 Å². The van der Waals surface area contributed by atoms with E-state index < -0.39 is 6.61 Å². The lowest BCUT2D eigenvalue weighted by molar-refractivity contribution is -0.0498. The van der Waals surface area contributed by atoms with Crippen molar-refractivity contribution in [2.45, 2.75) is 58.0 Å². The highest BCUT2D eigenvalue weighted by molar-refractivity contribution is 5.27. The van der Waals surface area contributed by atoms with E-state index >= 15 is 0 Å². The molecule has 1 aliphatic carbocycles. The number of allylic oxidation sites excluding steroid dienone is 2. The number of hydrogen-bond donors (Lipinski definition) is 0. The van der Waals surface area contributed by atoms with E-state index in [0.29, 0.717) is 12.3 Å². The zero-order valence-electron chi connectivity index (χ0n) is 14.1. The van der Waals surface area contributed by atoms with Gasteiger partial charge in [-0.05, 0) is 80.9 Å². The first kappa shape index (κ1) is 18.9. The monoisotopic (exact) mass is 340 g/mol. The normalized spacial score (nSPS) is 21.5. The molecule has 1 aliphatic rings. The number of aryl methyl sites for hydroxylation is 1. The standard InChI is InChI=1S/C20H27F3O/c21-15-3-1-2-4-16-5-7-17(8-6-16)9-10-18-11-13-19(14-12-18)24-20(22)23/h2,4,11-14,16-17,20H,1,3,5-10,15H2/t16-,17-. The van der Waals surface area contributed by atoms with Crippen molar-refractivity contribution >= 4 is 0 Å². The number of ether oxygens (including phenoxy) is 1. The fourth-order valence-corrected chi connectivity index (χ4v) is 3.36. The molecule has 1 saturated carbocycles. The number of rotatable bonds is 9. The molecule has 1 nitrogen and oxygen atoms in total. The van der Waals surface area contributed by atoms with Crippen molar-refractivity contribution < 1.29 is 17.9 Å². The summed E-state index contributed by atoms with van der Waals surface area (Å²) in [5.74, 6) is 1.62. The van der Waals surface area contributed by atoms with Gasteiger partial charge in [0.15, 0.2) is 0 Å². The fraction of sp³-hybridized carbons (Fsp3) is 0.600. The molecule has 0 aromatic heterocycles. The largest absolute Gasteiger partial charge is 0.435 e. The third-order valence-electron chi connectivity index (χ3n) is 4.79. The predicted molar refractivity (Wildman–Crippen MR) is 91.2 cm³/mol. The van der Waals surface area contributed by atoms with Crippen LogP contribution in [0.5, 0.6) is 5.75 Å². The number of hydrogen-bond acceptors (Lipinski definition) is 1. The highest BCUT2D eigenvalue weighted by Crippen LogP contribution is 2.32. The minimum Gasteiger partial charge on any atom is -0.435 e. The molecular weight excluding hydrogens is 313 g/mol. The second-order valence-corrected chi connectivity index (χ2v) is 6.60. The van der Waals surface area contributed by atoms with Crippen LogP contribution in [0.4, 0.5) is 13.2 Å². The summed E-state index contributed by atoms with van der Waals surface area (Å²) >= 11 is 0. The number of unbranched alkanes of at least 4 members (excludes halogenated alkanes) is 1. The van der Waals surface area contributed by atoms with E-state index in [2.05, 4.69) is 16.9 Å². The van der Waals surface area contributed by atoms with E-state index in [9.17, 15) is 13.2 Å². The third-order valence-corrected chi connectivity index (χ3v) is 4.79. The summed E-state index contributed by atoms with van der Waals surface area (Å²) in [5, 5.41) is 0. The third kappa shape index (κ3) is 6.98. The molecule has 0 amide bonds. The van der Waals surface area contributed by atoms with E-state index in [0.717, 1.165) is 25.2 Å². The second kappa shape index (κ2) is 10.4. The van der Waals surface area contributed by atoms with E-state index in [1.807, 2.05) is 12.1 Å². The minimum absolute atomic E-state index is 0.216. The van der Waals surface area contributed by atoms with Crippen LogP contribution in [0.15, 0.2) is 36.4 Å². The lowest BCUT2D eigenvalue weighted by atomic mass is 9.79. The number of benzene rings is 1. The van der Waals surface area contributed by atoms with Gasteiger partial charge in [-0.1, -0.05) is 24.3 Å². The molecule has 0 saturated heterocycles. The average molecular weight is 340 g/mol. The molecule has 0 spiro atoms. The van der Waals surface area contributed by atoms with E-state index in [4.69, 9.17) is 0 Å². The Morgan fingerprint density at radius 3 is 2.42 bits per heavy atom. The maximum atomic E-state index is 12.1. The molecule has 24 heavy (non-hydrogen) atoms. The molecule has 1 aromatic rings. The van der Waals surface area contributed by atoms with Crippen molar-refractivity contribution in [3.63, 3.8) is 0 Å². The molecule has 0 N–H and O–H groups in total. The van der Waals surface area contributed by atoms with Crippen LogP contribution in [0.3, 0.4) is 0 Å². The molecule has 0 heterocycles. The van der Waals surface area contributed by atoms with Crippen LogP contribution in [-0.2, 0) is 6.42 Å². The molecule has 0 unspecified atom stereocenters. The fourth-order valence-electron chi connectivity index (χ4n) is 3.36. The Hall–Kier alpha value is -1.45. The van der Waals surface area contributed by atoms with Crippen LogP contribution in [0, 0.1) is 11.8 Å². The molecule has 0 aliphatic heterocycles. The van der Waals surface area contributed by atoms with Gasteiger partial charge in [-0.25, -0.2) is 0 Å². The zero-order chi connectivity index (χ0) is 17.2. The summed E-state index contributed by atoms with van der Waals surface area (Å²) in [4.78, 5) is 0. The van der Waals surface area contributed by atoms with Crippen LogP contribution in [-0.4, -0.2) is 13.3 Å². The van der Waals surface area contributed by atoms with Gasteiger partial charge in [-0.3, -0.25) is 4.39 Å². The molecule has 1 fully saturated rings. The maximum absolute atomic E-state index is 12.1. The first-order valence-electron chi connectivity index (χ1n) is 8.93. The van der Waals surface area contributed by atoms with Gasteiger partial charge >= 0.3 is 6.61 Å². The van der Waals surface area contributed by atoms with Crippen molar-refractivity contribution in [1.82, 2.24) is 0 Å². The summed E-state index contributed by atoms with van der Waals surface area (Å²) < 4.78 is 40.6. The molecular formula is C20H27F3O. The molecule has 0 atom stereocenters. The Morgan fingerprint density at radius 2 is 1.79 bits per heavy atom. The van der Waals surface area contributed by atoms with Crippen molar-refractivity contribution in [3.05, 3.63) is 42.0 Å². The first-order valence-corrected chi connectivity index (χ1v) is 8.93. The van der Waals surface area contributed by atoms with Gasteiger partial charge in [0.25, 0.3) is 0 Å². The van der Waals surface area contributed by atoms with Gasteiger partial charge < -0.3 is 4.74 Å². The molecule has 1 aromatic carbocycles. The van der Waals surface area contributed by atoms with Crippen molar-refractivity contribution in [2.75, 3.05) is 6.67 Å². The summed E-state index contributed by atoms with van der Waals surface area (Å²) in [5.41, 5.74) is 1.17. The zero-order valence-corrected chi connectivity index (χ0v) is 14.1. The number of alkyl halides is 3. The Kier molecular flexibility index (Phi) is 8.20. The molecule has 4 heteroatoms. The Morgan fingerprint density at radius 1 is 1.08 bits per heavy atom. The summed E-state index contributed by atoms with van der Waals surface area (Å²) in [6, 6.07) is 6.97. The van der Waals surface area contributed by atoms with E-state index in [1.165, 1.54) is 31.2 Å². The molecule has 0 radical (unpaired) electrons. The van der Waals surface area contributed by atoms with Crippen LogP contribution in [0.2, 0.25) is 0 Å². The molecule has 0 bridgehead atoms. The molecule has 134 valence electrons. The van der Waals surface area contributed by atoms with E-state index in [-0.39, 0.29) is 12.4 Å². The molecule has 2 rings (SSSR count). The lowest BCUT2D eigenvalue weighted by Gasteiger charge is -2.26. The van der Waals surface area contributed by atoms with E-state index in [1.54, 1.807) is 12.1 Å². The highest BCUT2D eigenvalue weighted by atomic mass is 19.3. The van der Waals surface area contributed by atoms with Gasteiger partial charge in [-0.15, -0.1) is 0 Å². The maximum Gasteiger partial charge on any atom is 0.387 e. The highest BCUT2D eigenvalue weighted by Gasteiger charge is 2.19. The average Bonchev–Trinajstić information content (AvgIpc) is 2.59. The Balaban J connectivity index is 1.66. The van der Waals surface area contributed by atoms with Gasteiger partial charge in [0.2, 0.25) is 0 Å². The van der Waals surface area contributed by atoms with Crippen LogP contribution >= 0.6 is 0 Å². The van der Waals surface area contributed by atoms with Crippen molar-refractivity contribution in [2.24, 2.45) is 11.8 Å². The van der Waals surface area contributed by atoms with Crippen molar-refractivity contribution in [1.29, 1.82) is 0 Å².